The zero-order chi connectivity index (χ0) is 26.9. The van der Waals surface area contributed by atoms with Gasteiger partial charge in [0.15, 0.2) is 0 Å². The molecule has 5 N–H and O–H groups in total. The van der Waals surface area contributed by atoms with Crippen LogP contribution in [0.3, 0.4) is 0 Å². The summed E-state index contributed by atoms with van der Waals surface area (Å²) in [7, 11) is 0. The summed E-state index contributed by atoms with van der Waals surface area (Å²) >= 11 is 0. The highest BCUT2D eigenvalue weighted by atomic mass is 16.4. The van der Waals surface area contributed by atoms with Crippen molar-refractivity contribution in [3.05, 3.63) is 95.6 Å². The minimum absolute atomic E-state index is 0.0563. The van der Waals surface area contributed by atoms with Gasteiger partial charge < -0.3 is 21.5 Å². The van der Waals surface area contributed by atoms with E-state index in [1.54, 1.807) is 53.4 Å². The number of carbonyl (C=O) groups is 3. The Labute approximate surface area is 222 Å². The molecule has 0 saturated carbocycles. The second kappa shape index (κ2) is 12.6. The molecule has 0 aromatic heterocycles. The van der Waals surface area contributed by atoms with Gasteiger partial charge >= 0.3 is 12.0 Å². The number of carboxylic acids is 1. The van der Waals surface area contributed by atoms with Crippen molar-refractivity contribution in [1.29, 1.82) is 0 Å². The van der Waals surface area contributed by atoms with E-state index in [0.717, 1.165) is 24.1 Å². The quantitative estimate of drug-likeness (QED) is 0.275. The van der Waals surface area contributed by atoms with Crippen LogP contribution in [-0.4, -0.2) is 29.6 Å². The average molecular weight is 513 g/mol. The van der Waals surface area contributed by atoms with Crippen molar-refractivity contribution in [2.45, 2.75) is 38.6 Å². The normalized spacial score (nSPS) is 12.8. The van der Waals surface area contributed by atoms with E-state index in [9.17, 15) is 14.4 Å². The zero-order valence-electron chi connectivity index (χ0n) is 21.2. The maximum absolute atomic E-state index is 13.4. The largest absolute Gasteiger partial charge is 0.481 e. The Kier molecular flexibility index (Phi) is 8.77. The fourth-order valence-corrected chi connectivity index (χ4v) is 4.37. The van der Waals surface area contributed by atoms with Gasteiger partial charge in [0.25, 0.3) is 5.91 Å². The maximum atomic E-state index is 13.4. The maximum Gasteiger partial charge on any atom is 0.326 e. The molecule has 0 unspecified atom stereocenters. The molecule has 4 rings (SSSR count). The lowest BCUT2D eigenvalue weighted by Crippen LogP contribution is -2.34. The van der Waals surface area contributed by atoms with Crippen LogP contribution >= 0.6 is 0 Å². The second-order valence-corrected chi connectivity index (χ2v) is 9.26. The molecule has 0 aliphatic heterocycles. The number of hydrogen-bond acceptors (Lipinski definition) is 4. The first kappa shape index (κ1) is 26.5. The molecule has 0 radical (unpaired) electrons. The molecule has 0 spiro atoms. The van der Waals surface area contributed by atoms with Crippen molar-refractivity contribution in [1.82, 2.24) is 5.32 Å². The first-order chi connectivity index (χ1) is 18.4. The van der Waals surface area contributed by atoms with Crippen molar-refractivity contribution in [3.8, 4) is 0 Å². The van der Waals surface area contributed by atoms with Crippen molar-refractivity contribution < 1.29 is 19.5 Å². The third-order valence-electron chi connectivity index (χ3n) is 6.41. The van der Waals surface area contributed by atoms with Gasteiger partial charge in [-0.15, -0.1) is 0 Å². The third-order valence-corrected chi connectivity index (χ3v) is 6.41. The predicted molar refractivity (Wildman–Crippen MR) is 150 cm³/mol. The number of allylic oxidation sites excluding steroid dienone is 2. The van der Waals surface area contributed by atoms with Gasteiger partial charge in [0.05, 0.1) is 13.0 Å². The number of anilines is 3. The second-order valence-electron chi connectivity index (χ2n) is 9.26. The summed E-state index contributed by atoms with van der Waals surface area (Å²) < 4.78 is 0. The fraction of sp³-hybridized carbons (Fsp3) is 0.233. The molecule has 3 aromatic rings. The lowest BCUT2D eigenvalue weighted by molar-refractivity contribution is -0.136. The summed E-state index contributed by atoms with van der Waals surface area (Å²) in [6.45, 7) is 0.331. The first-order valence-electron chi connectivity index (χ1n) is 12.7. The number of amides is 3. The van der Waals surface area contributed by atoms with Crippen LogP contribution in [0.15, 0.2) is 78.9 Å². The number of nitrogens with two attached hydrogens (primary N) is 1. The van der Waals surface area contributed by atoms with Crippen LogP contribution in [0.5, 0.6) is 0 Å². The Morgan fingerprint density at radius 1 is 0.947 bits per heavy atom. The Morgan fingerprint density at radius 2 is 1.71 bits per heavy atom. The molecule has 1 aliphatic carbocycles. The molecular weight excluding hydrogens is 480 g/mol. The highest BCUT2D eigenvalue weighted by Crippen LogP contribution is 2.29. The van der Waals surface area contributed by atoms with Crippen LogP contribution in [-0.2, 0) is 11.3 Å². The first-order valence-corrected chi connectivity index (χ1v) is 12.7. The molecule has 8 nitrogen and oxygen atoms in total. The fourth-order valence-electron chi connectivity index (χ4n) is 4.37. The molecule has 0 atom stereocenters. The number of benzene rings is 3. The molecule has 3 amide bonds. The van der Waals surface area contributed by atoms with Crippen LogP contribution in [0, 0.1) is 0 Å². The molecule has 1 aliphatic rings. The van der Waals surface area contributed by atoms with Crippen LogP contribution in [0.4, 0.5) is 21.9 Å². The molecule has 0 heterocycles. The lowest BCUT2D eigenvalue weighted by Gasteiger charge is -2.24. The zero-order valence-corrected chi connectivity index (χ0v) is 21.2. The van der Waals surface area contributed by atoms with E-state index in [0.29, 0.717) is 16.9 Å². The minimum Gasteiger partial charge on any atom is -0.481 e. The van der Waals surface area contributed by atoms with Crippen LogP contribution in [0.1, 0.15) is 53.6 Å². The molecule has 3 aromatic carbocycles. The summed E-state index contributed by atoms with van der Waals surface area (Å²) in [6.07, 6.45) is 6.73. The number of nitrogens with zero attached hydrogens (tertiary/aromatic N) is 1. The van der Waals surface area contributed by atoms with Gasteiger partial charge in [0.1, 0.15) is 0 Å². The predicted octanol–water partition coefficient (Wildman–Crippen LogP) is 5.67. The topological polar surface area (TPSA) is 125 Å². The molecule has 0 saturated heterocycles. The summed E-state index contributed by atoms with van der Waals surface area (Å²) in [5, 5.41) is 14.3. The number of rotatable bonds is 9. The van der Waals surface area contributed by atoms with Gasteiger partial charge in [0.2, 0.25) is 0 Å². The molecule has 0 fully saturated rings. The number of nitrogen functional groups attached to an aromatic ring is 1. The van der Waals surface area contributed by atoms with Crippen molar-refractivity contribution in [2.24, 2.45) is 0 Å². The average Bonchev–Trinajstić information content (AvgIpc) is 2.92. The van der Waals surface area contributed by atoms with Crippen molar-refractivity contribution in [2.75, 3.05) is 22.5 Å². The SMILES string of the molecule is Nc1cccc(NC(=O)N(Cc2ccc(C(=O)NCCC(=O)O)cc2)c2ccc(C3=CCCCC3)cc2)c1. The summed E-state index contributed by atoms with van der Waals surface area (Å²) in [4.78, 5) is 38.0. The lowest BCUT2D eigenvalue weighted by atomic mass is 9.93. The summed E-state index contributed by atoms with van der Waals surface area (Å²) in [6, 6.07) is 21.6. The highest BCUT2D eigenvalue weighted by molar-refractivity contribution is 6.02. The molecule has 8 heteroatoms. The Balaban J connectivity index is 1.52. The van der Waals surface area contributed by atoms with E-state index >= 15 is 0 Å². The van der Waals surface area contributed by atoms with E-state index in [1.807, 2.05) is 12.1 Å². The number of urea groups is 1. The Morgan fingerprint density at radius 3 is 2.37 bits per heavy atom. The minimum atomic E-state index is -0.972. The smallest absolute Gasteiger partial charge is 0.326 e. The Hall–Kier alpha value is -4.59. The van der Waals surface area contributed by atoms with Gasteiger partial charge in [0, 0.05) is 29.2 Å². The van der Waals surface area contributed by atoms with Gasteiger partial charge in [-0.2, -0.15) is 0 Å². The highest BCUT2D eigenvalue weighted by Gasteiger charge is 2.18. The number of hydrogen-bond donors (Lipinski definition) is 4. The standard InChI is InChI=1S/C30H32N4O4/c31-25-7-4-8-26(19-25)33-30(38)34(27-15-13-23(14-16-27)22-5-2-1-3-6-22)20-21-9-11-24(12-10-21)29(37)32-18-17-28(35)36/h4-5,7-16,19H,1-3,6,17-18,20,31H2,(H,32,37)(H,33,38)(H,35,36). The van der Waals surface area contributed by atoms with Crippen molar-refractivity contribution in [3.63, 3.8) is 0 Å². The van der Waals surface area contributed by atoms with Gasteiger partial charge in [-0.3, -0.25) is 14.5 Å². The summed E-state index contributed by atoms with van der Waals surface area (Å²) in [5.41, 5.74) is 11.5. The van der Waals surface area contributed by atoms with Crippen molar-refractivity contribution >= 4 is 40.5 Å². The molecule has 38 heavy (non-hydrogen) atoms. The molecule has 196 valence electrons. The number of nitrogens with one attached hydrogen (secondary N) is 2. The number of aliphatic carboxylic acids is 1. The number of carboxylic acid groups (broad SMARTS) is 1. The van der Waals surface area contributed by atoms with E-state index in [2.05, 4.69) is 28.8 Å². The molecule has 0 bridgehead atoms. The van der Waals surface area contributed by atoms with Gasteiger partial charge in [-0.25, -0.2) is 4.79 Å². The monoisotopic (exact) mass is 512 g/mol. The van der Waals surface area contributed by atoms with E-state index in [1.165, 1.54) is 24.0 Å². The van der Waals surface area contributed by atoms with E-state index in [-0.39, 0.29) is 31.4 Å². The van der Waals surface area contributed by atoms with E-state index in [4.69, 9.17) is 10.8 Å². The van der Waals surface area contributed by atoms with E-state index < -0.39 is 5.97 Å². The Bertz CT molecular complexity index is 1320. The van der Waals surface area contributed by atoms with Gasteiger partial charge in [-0.05, 0) is 84.8 Å². The summed E-state index contributed by atoms with van der Waals surface area (Å²) in [5.74, 6) is -1.32. The van der Waals surface area contributed by atoms with Crippen LogP contribution in [0.25, 0.3) is 5.57 Å². The van der Waals surface area contributed by atoms with Crippen LogP contribution in [0.2, 0.25) is 0 Å². The molecular formula is C30H32N4O4. The van der Waals surface area contributed by atoms with Crippen LogP contribution < -0.4 is 21.3 Å². The van der Waals surface area contributed by atoms with Gasteiger partial charge in [-0.1, -0.05) is 36.4 Å². The number of carbonyl (C=O) groups excluding carboxylic acids is 2. The third kappa shape index (κ3) is 7.22.